The number of nitrogens with two attached hydrogens (primary N) is 1. The highest BCUT2D eigenvalue weighted by molar-refractivity contribution is 5.97. The van der Waals surface area contributed by atoms with E-state index in [0.717, 1.165) is 25.7 Å². The summed E-state index contributed by atoms with van der Waals surface area (Å²) in [7, 11) is 0. The molecule has 0 bridgehead atoms. The zero-order valence-corrected chi connectivity index (χ0v) is 11.4. The van der Waals surface area contributed by atoms with Gasteiger partial charge < -0.3 is 16.2 Å². The average Bonchev–Trinajstić information content (AvgIpc) is 2.69. The molecule has 0 spiro atoms. The van der Waals surface area contributed by atoms with Gasteiger partial charge in [-0.3, -0.25) is 4.79 Å². The molecule has 108 valence electrons. The van der Waals surface area contributed by atoms with E-state index in [2.05, 4.69) is 5.32 Å². The summed E-state index contributed by atoms with van der Waals surface area (Å²) < 4.78 is 0. The van der Waals surface area contributed by atoms with Crippen LogP contribution >= 0.6 is 0 Å². The zero-order chi connectivity index (χ0) is 14.5. The number of carbonyl (C=O) groups is 2. The molecule has 0 atom stereocenters. The molecule has 5 heteroatoms. The molecular formula is C15H20N2O3. The van der Waals surface area contributed by atoms with Gasteiger partial charge in [-0.25, -0.2) is 4.79 Å². The lowest BCUT2D eigenvalue weighted by Gasteiger charge is -2.15. The number of nitrogens with one attached hydrogen (secondary N) is 1. The van der Waals surface area contributed by atoms with Crippen LogP contribution < -0.4 is 11.1 Å². The number of aromatic carboxylic acids is 1. The predicted octanol–water partition coefficient (Wildman–Crippen LogP) is 2.88. The van der Waals surface area contributed by atoms with E-state index < -0.39 is 5.97 Å². The van der Waals surface area contributed by atoms with Gasteiger partial charge in [0, 0.05) is 5.92 Å². The minimum Gasteiger partial charge on any atom is -0.478 e. The lowest BCUT2D eigenvalue weighted by molar-refractivity contribution is -0.120. The quantitative estimate of drug-likeness (QED) is 0.584. The zero-order valence-electron chi connectivity index (χ0n) is 11.4. The summed E-state index contributed by atoms with van der Waals surface area (Å²) in [5, 5.41) is 11.7. The summed E-state index contributed by atoms with van der Waals surface area (Å²) in [6.07, 6.45) is 6.40. The first-order chi connectivity index (χ1) is 9.58. The maximum atomic E-state index is 12.2. The van der Waals surface area contributed by atoms with Gasteiger partial charge in [-0.1, -0.05) is 25.7 Å². The number of carboxylic acids is 1. The van der Waals surface area contributed by atoms with Gasteiger partial charge in [0.25, 0.3) is 0 Å². The second kappa shape index (κ2) is 6.41. The first kappa shape index (κ1) is 14.4. The number of benzene rings is 1. The molecule has 1 saturated carbocycles. The maximum Gasteiger partial charge on any atom is 0.335 e. The molecule has 1 amide bonds. The summed E-state index contributed by atoms with van der Waals surface area (Å²) in [6, 6.07) is 4.36. The van der Waals surface area contributed by atoms with Gasteiger partial charge in [0.15, 0.2) is 0 Å². The Bertz CT molecular complexity index is 506. The number of hydrogen-bond acceptors (Lipinski definition) is 3. The summed E-state index contributed by atoms with van der Waals surface area (Å²) in [5.74, 6) is -1.00. The molecule has 0 heterocycles. The minimum absolute atomic E-state index is 0.0123. The molecule has 0 saturated heterocycles. The molecule has 1 fully saturated rings. The molecule has 1 aliphatic carbocycles. The van der Waals surface area contributed by atoms with E-state index >= 15 is 0 Å². The first-order valence-electron chi connectivity index (χ1n) is 7.01. The highest BCUT2D eigenvalue weighted by Crippen LogP contribution is 2.26. The van der Waals surface area contributed by atoms with Crippen molar-refractivity contribution in [1.82, 2.24) is 0 Å². The van der Waals surface area contributed by atoms with E-state index in [9.17, 15) is 9.59 Å². The van der Waals surface area contributed by atoms with Gasteiger partial charge in [-0.2, -0.15) is 0 Å². The van der Waals surface area contributed by atoms with Crippen LogP contribution in [0.3, 0.4) is 0 Å². The number of anilines is 2. The number of nitrogen functional groups attached to an aromatic ring is 1. The Balaban J connectivity index is 2.05. The molecule has 0 unspecified atom stereocenters. The van der Waals surface area contributed by atoms with Crippen LogP contribution in [-0.4, -0.2) is 17.0 Å². The Morgan fingerprint density at radius 3 is 2.35 bits per heavy atom. The third-order valence-electron chi connectivity index (χ3n) is 3.78. The molecule has 0 aromatic heterocycles. The van der Waals surface area contributed by atoms with Crippen LogP contribution in [0.1, 0.15) is 48.9 Å². The number of hydrogen-bond donors (Lipinski definition) is 3. The van der Waals surface area contributed by atoms with Crippen LogP contribution in [0.5, 0.6) is 0 Å². The highest BCUT2D eigenvalue weighted by Gasteiger charge is 2.20. The van der Waals surface area contributed by atoms with Gasteiger partial charge in [0.1, 0.15) is 0 Å². The number of carboxylic acid groups (broad SMARTS) is 1. The second-order valence-electron chi connectivity index (χ2n) is 5.28. The Labute approximate surface area is 118 Å². The van der Waals surface area contributed by atoms with E-state index in [1.54, 1.807) is 6.07 Å². The Morgan fingerprint density at radius 2 is 1.80 bits per heavy atom. The van der Waals surface area contributed by atoms with Crippen molar-refractivity contribution in [3.05, 3.63) is 23.8 Å². The second-order valence-corrected chi connectivity index (χ2v) is 5.28. The van der Waals surface area contributed by atoms with Gasteiger partial charge in [0.05, 0.1) is 16.9 Å². The smallest absolute Gasteiger partial charge is 0.335 e. The average molecular weight is 276 g/mol. The van der Waals surface area contributed by atoms with Crippen LogP contribution in [0.4, 0.5) is 11.4 Å². The predicted molar refractivity (Wildman–Crippen MR) is 77.6 cm³/mol. The Kier molecular flexibility index (Phi) is 4.61. The molecule has 1 aromatic carbocycles. The van der Waals surface area contributed by atoms with E-state index in [4.69, 9.17) is 10.8 Å². The van der Waals surface area contributed by atoms with Crippen molar-refractivity contribution in [1.29, 1.82) is 0 Å². The van der Waals surface area contributed by atoms with Crippen molar-refractivity contribution in [3.8, 4) is 0 Å². The largest absolute Gasteiger partial charge is 0.478 e. The fourth-order valence-corrected chi connectivity index (χ4v) is 2.59. The normalized spacial score (nSPS) is 16.4. The van der Waals surface area contributed by atoms with Gasteiger partial charge >= 0.3 is 5.97 Å². The van der Waals surface area contributed by atoms with Gasteiger partial charge in [0.2, 0.25) is 5.91 Å². The summed E-state index contributed by atoms with van der Waals surface area (Å²) >= 11 is 0. The van der Waals surface area contributed by atoms with Crippen molar-refractivity contribution < 1.29 is 14.7 Å². The van der Waals surface area contributed by atoms with Crippen LogP contribution in [-0.2, 0) is 4.79 Å². The number of carbonyl (C=O) groups excluding carboxylic acids is 1. The highest BCUT2D eigenvalue weighted by atomic mass is 16.4. The number of amides is 1. The van der Waals surface area contributed by atoms with E-state index in [0.29, 0.717) is 5.69 Å². The molecule has 2 rings (SSSR count). The van der Waals surface area contributed by atoms with Crippen LogP contribution in [0.15, 0.2) is 18.2 Å². The standard InChI is InChI=1S/C15H20N2O3/c16-12-9-11(15(19)20)7-8-13(12)17-14(18)10-5-3-1-2-4-6-10/h7-10H,1-6,16H2,(H,17,18)(H,19,20). The van der Waals surface area contributed by atoms with Crippen LogP contribution in [0, 0.1) is 5.92 Å². The van der Waals surface area contributed by atoms with Gasteiger partial charge in [-0.15, -0.1) is 0 Å². The summed E-state index contributed by atoms with van der Waals surface area (Å²) in [6.45, 7) is 0. The monoisotopic (exact) mass is 276 g/mol. The topological polar surface area (TPSA) is 92.4 Å². The van der Waals surface area contributed by atoms with Crippen molar-refractivity contribution >= 4 is 23.3 Å². The molecule has 1 aliphatic rings. The Hall–Kier alpha value is -2.04. The van der Waals surface area contributed by atoms with Crippen molar-refractivity contribution in [3.63, 3.8) is 0 Å². The lowest BCUT2D eigenvalue weighted by atomic mass is 9.99. The summed E-state index contributed by atoms with van der Waals surface area (Å²) in [5.41, 5.74) is 6.68. The van der Waals surface area contributed by atoms with Crippen molar-refractivity contribution in [2.75, 3.05) is 11.1 Å². The molecule has 4 N–H and O–H groups in total. The third-order valence-corrected chi connectivity index (χ3v) is 3.78. The van der Waals surface area contributed by atoms with E-state index in [1.165, 1.54) is 25.0 Å². The molecule has 20 heavy (non-hydrogen) atoms. The molecule has 0 radical (unpaired) electrons. The Morgan fingerprint density at radius 1 is 1.15 bits per heavy atom. The third kappa shape index (κ3) is 3.50. The minimum atomic E-state index is -1.03. The van der Waals surface area contributed by atoms with Crippen molar-refractivity contribution in [2.24, 2.45) is 5.92 Å². The fourth-order valence-electron chi connectivity index (χ4n) is 2.59. The SMILES string of the molecule is Nc1cc(C(=O)O)ccc1NC(=O)C1CCCCCC1. The molecule has 5 nitrogen and oxygen atoms in total. The van der Waals surface area contributed by atoms with Crippen LogP contribution in [0.2, 0.25) is 0 Å². The lowest BCUT2D eigenvalue weighted by Crippen LogP contribution is -2.23. The summed E-state index contributed by atoms with van der Waals surface area (Å²) in [4.78, 5) is 23.0. The number of rotatable bonds is 3. The molecule has 1 aromatic rings. The van der Waals surface area contributed by atoms with Crippen LogP contribution in [0.25, 0.3) is 0 Å². The van der Waals surface area contributed by atoms with Crippen molar-refractivity contribution in [2.45, 2.75) is 38.5 Å². The van der Waals surface area contributed by atoms with E-state index in [1.807, 2.05) is 0 Å². The molecular weight excluding hydrogens is 256 g/mol. The van der Waals surface area contributed by atoms with E-state index in [-0.39, 0.29) is 23.1 Å². The maximum absolute atomic E-state index is 12.2. The molecule has 0 aliphatic heterocycles. The van der Waals surface area contributed by atoms with Gasteiger partial charge in [-0.05, 0) is 31.0 Å². The fraction of sp³-hybridized carbons (Fsp3) is 0.467. The first-order valence-corrected chi connectivity index (χ1v) is 7.01.